The van der Waals surface area contributed by atoms with Crippen molar-refractivity contribution in [3.63, 3.8) is 0 Å². The zero-order valence-electron chi connectivity index (χ0n) is 7.52. The molecule has 0 spiro atoms. The molecule has 0 rings (SSSR count). The second-order valence-electron chi connectivity index (χ2n) is 2.92. The molecule has 0 aliphatic heterocycles. The zero-order valence-corrected chi connectivity index (χ0v) is 9.69. The van der Waals surface area contributed by atoms with Gasteiger partial charge in [-0.3, -0.25) is 0 Å². The van der Waals surface area contributed by atoms with Crippen LogP contribution in [0.4, 0.5) is 0 Å². The van der Waals surface area contributed by atoms with E-state index in [-0.39, 0.29) is 8.83 Å². The average molecular weight is 192 g/mol. The predicted octanol–water partition coefficient (Wildman–Crippen LogP) is 1.55. The molecule has 1 nitrogen and oxygen atoms in total. The fourth-order valence-corrected chi connectivity index (χ4v) is 1.61. The summed E-state index contributed by atoms with van der Waals surface area (Å²) in [6.07, 6.45) is 6.00. The van der Waals surface area contributed by atoms with Gasteiger partial charge in [0.05, 0.1) is 0 Å². The maximum Gasteiger partial charge on any atom is 0.148 e. The van der Waals surface area contributed by atoms with E-state index in [0.29, 0.717) is 0 Å². The van der Waals surface area contributed by atoms with Crippen molar-refractivity contribution in [1.29, 1.82) is 0 Å². The van der Waals surface area contributed by atoms with Crippen LogP contribution in [0.2, 0.25) is 0 Å². The minimum Gasteiger partial charge on any atom is -0.309 e. The molecule has 0 aromatic heterocycles. The Labute approximate surface area is 76.9 Å². The largest absolute Gasteiger partial charge is 0.309 e. The Bertz CT molecular complexity index is 104. The van der Waals surface area contributed by atoms with Gasteiger partial charge in [0.15, 0.2) is 0 Å². The Morgan fingerprint density at radius 2 is 2.09 bits per heavy atom. The van der Waals surface area contributed by atoms with Crippen LogP contribution in [0.1, 0.15) is 19.3 Å². The smallest absolute Gasteiger partial charge is 0.148 e. The standard InChI is InChI=1S/C8H18ClNSi/c1-10(2)7-5-3-4-6-8-11-9/h6,8H,3-5,7,11H2,1-2H3. The lowest BCUT2D eigenvalue weighted by Crippen LogP contribution is -2.12. The molecule has 0 saturated carbocycles. The zero-order chi connectivity index (χ0) is 8.53. The summed E-state index contributed by atoms with van der Waals surface area (Å²) in [7, 11) is 3.87. The molecule has 0 amide bonds. The van der Waals surface area contributed by atoms with Crippen molar-refractivity contribution in [3.8, 4) is 0 Å². The summed E-state index contributed by atoms with van der Waals surface area (Å²) in [6.45, 7) is 1.20. The lowest BCUT2D eigenvalue weighted by atomic mass is 10.2. The molecule has 0 unspecified atom stereocenters. The third-order valence-electron chi connectivity index (χ3n) is 1.48. The number of unbranched alkanes of at least 4 members (excludes halogenated alkanes) is 2. The Hall–Kier alpha value is 0.207. The third kappa shape index (κ3) is 10.2. The molecule has 3 heteroatoms. The van der Waals surface area contributed by atoms with Crippen LogP contribution in [0.15, 0.2) is 11.8 Å². The van der Waals surface area contributed by atoms with E-state index in [9.17, 15) is 0 Å². The van der Waals surface area contributed by atoms with Crippen LogP contribution in [0.5, 0.6) is 0 Å². The fourth-order valence-electron chi connectivity index (χ4n) is 0.871. The summed E-state index contributed by atoms with van der Waals surface area (Å²) in [5.41, 5.74) is 2.15. The van der Waals surface area contributed by atoms with Gasteiger partial charge in [0.1, 0.15) is 8.83 Å². The number of allylic oxidation sites excluding steroid dienone is 1. The van der Waals surface area contributed by atoms with Gasteiger partial charge in [0.2, 0.25) is 0 Å². The average Bonchev–Trinajstić information content (AvgIpc) is 1.96. The van der Waals surface area contributed by atoms with E-state index in [0.717, 1.165) is 0 Å². The van der Waals surface area contributed by atoms with Gasteiger partial charge in [-0.15, -0.1) is 0 Å². The molecule has 0 atom stereocenters. The number of hydrogen-bond donors (Lipinski definition) is 0. The summed E-state index contributed by atoms with van der Waals surface area (Å²) >= 11 is 5.61. The molecule has 0 fully saturated rings. The molecule has 11 heavy (non-hydrogen) atoms. The van der Waals surface area contributed by atoms with Crippen LogP contribution in [-0.4, -0.2) is 34.4 Å². The van der Waals surface area contributed by atoms with Crippen molar-refractivity contribution in [2.75, 3.05) is 20.6 Å². The first-order chi connectivity index (χ1) is 5.27. The van der Waals surface area contributed by atoms with E-state index in [4.69, 9.17) is 11.1 Å². The lowest BCUT2D eigenvalue weighted by Gasteiger charge is -2.07. The van der Waals surface area contributed by atoms with Gasteiger partial charge in [-0.2, -0.15) is 11.1 Å². The molecule has 0 aromatic rings. The van der Waals surface area contributed by atoms with E-state index >= 15 is 0 Å². The molecular weight excluding hydrogens is 174 g/mol. The Morgan fingerprint density at radius 1 is 1.36 bits per heavy atom. The van der Waals surface area contributed by atoms with Gasteiger partial charge in [-0.25, -0.2) is 0 Å². The van der Waals surface area contributed by atoms with E-state index in [1.807, 2.05) is 0 Å². The Morgan fingerprint density at radius 3 is 2.64 bits per heavy atom. The fraction of sp³-hybridized carbons (Fsp3) is 0.750. The van der Waals surface area contributed by atoms with Crippen molar-refractivity contribution in [2.24, 2.45) is 0 Å². The maximum absolute atomic E-state index is 5.61. The van der Waals surface area contributed by atoms with Crippen LogP contribution in [0.3, 0.4) is 0 Å². The van der Waals surface area contributed by atoms with E-state index < -0.39 is 0 Å². The summed E-state index contributed by atoms with van der Waals surface area (Å²) in [4.78, 5) is 2.22. The molecule has 0 saturated heterocycles. The van der Waals surface area contributed by atoms with E-state index in [1.165, 1.54) is 25.8 Å². The second-order valence-corrected chi connectivity index (χ2v) is 4.63. The quantitative estimate of drug-likeness (QED) is 0.350. The summed E-state index contributed by atoms with van der Waals surface area (Å²) in [6, 6.07) is 0. The van der Waals surface area contributed by atoms with Gasteiger partial charge in [0.25, 0.3) is 0 Å². The third-order valence-corrected chi connectivity index (χ3v) is 2.53. The molecule has 0 aliphatic carbocycles. The Kier molecular flexibility index (Phi) is 8.46. The lowest BCUT2D eigenvalue weighted by molar-refractivity contribution is 0.395. The van der Waals surface area contributed by atoms with Crippen LogP contribution in [0, 0.1) is 0 Å². The number of rotatable bonds is 6. The first-order valence-electron chi connectivity index (χ1n) is 4.13. The summed E-state index contributed by atoms with van der Waals surface area (Å²) in [5, 5.41) is 0. The summed E-state index contributed by atoms with van der Waals surface area (Å²) in [5.74, 6) is 0. The highest BCUT2D eigenvalue weighted by atomic mass is 35.6. The molecule has 0 aromatic carbocycles. The molecule has 0 bridgehead atoms. The minimum absolute atomic E-state index is 0.355. The molecule has 0 N–H and O–H groups in total. The van der Waals surface area contributed by atoms with Crippen molar-refractivity contribution < 1.29 is 0 Å². The van der Waals surface area contributed by atoms with Crippen molar-refractivity contribution in [3.05, 3.63) is 11.8 Å². The SMILES string of the molecule is CN(C)CCCCC=C[SiH2]Cl. The normalized spacial score (nSPS) is 12.7. The minimum atomic E-state index is -0.355. The highest BCUT2D eigenvalue weighted by molar-refractivity contribution is 6.96. The van der Waals surface area contributed by atoms with Gasteiger partial charge in [0, 0.05) is 0 Å². The van der Waals surface area contributed by atoms with Crippen LogP contribution >= 0.6 is 11.1 Å². The first kappa shape index (κ1) is 11.2. The highest BCUT2D eigenvalue weighted by Crippen LogP contribution is 1.97. The summed E-state index contributed by atoms with van der Waals surface area (Å²) < 4.78 is 0. The monoisotopic (exact) mass is 191 g/mol. The first-order valence-corrected chi connectivity index (χ1v) is 7.08. The number of hydrogen-bond acceptors (Lipinski definition) is 1. The van der Waals surface area contributed by atoms with Crippen LogP contribution in [0.25, 0.3) is 0 Å². The van der Waals surface area contributed by atoms with Crippen molar-refractivity contribution >= 4 is 19.9 Å². The number of halogens is 1. The molecule has 0 radical (unpaired) electrons. The van der Waals surface area contributed by atoms with E-state index in [2.05, 4.69) is 30.8 Å². The highest BCUT2D eigenvalue weighted by Gasteiger charge is 1.88. The van der Waals surface area contributed by atoms with Crippen molar-refractivity contribution in [1.82, 2.24) is 4.90 Å². The second kappa shape index (κ2) is 8.30. The van der Waals surface area contributed by atoms with Crippen molar-refractivity contribution in [2.45, 2.75) is 19.3 Å². The molecular formula is C8H18ClNSi. The molecule has 66 valence electrons. The van der Waals surface area contributed by atoms with Crippen LogP contribution in [-0.2, 0) is 0 Å². The van der Waals surface area contributed by atoms with Gasteiger partial charge >= 0.3 is 0 Å². The molecule has 0 heterocycles. The number of nitrogens with zero attached hydrogens (tertiary/aromatic N) is 1. The maximum atomic E-state index is 5.61. The molecule has 0 aliphatic rings. The van der Waals surface area contributed by atoms with Crippen LogP contribution < -0.4 is 0 Å². The topological polar surface area (TPSA) is 3.24 Å². The predicted molar refractivity (Wildman–Crippen MR) is 55.9 cm³/mol. The van der Waals surface area contributed by atoms with Gasteiger partial charge in [-0.1, -0.05) is 11.8 Å². The van der Waals surface area contributed by atoms with E-state index in [1.54, 1.807) is 0 Å². The van der Waals surface area contributed by atoms with Gasteiger partial charge in [-0.05, 0) is 39.9 Å². The Balaban J connectivity index is 2.96. The van der Waals surface area contributed by atoms with Gasteiger partial charge < -0.3 is 4.90 Å².